The molecule has 0 bridgehead atoms. The second-order valence-electron chi connectivity index (χ2n) is 5.24. The van der Waals surface area contributed by atoms with Crippen molar-refractivity contribution in [3.05, 3.63) is 34.6 Å². The van der Waals surface area contributed by atoms with Crippen molar-refractivity contribution in [1.82, 2.24) is 10.2 Å². The average molecular weight is 285 g/mol. The molecule has 1 aromatic rings. The summed E-state index contributed by atoms with van der Waals surface area (Å²) in [5.41, 5.74) is 0.699. The van der Waals surface area contributed by atoms with Gasteiger partial charge in [-0.1, -0.05) is 37.1 Å². The summed E-state index contributed by atoms with van der Waals surface area (Å²) >= 11 is 5.84. The number of hydrogen-bond acceptors (Lipinski definition) is 2. The third kappa shape index (κ3) is 4.16. The van der Waals surface area contributed by atoms with E-state index in [2.05, 4.69) is 17.1 Å². The van der Waals surface area contributed by atoms with Gasteiger partial charge in [0.25, 0.3) is 0 Å². The van der Waals surface area contributed by atoms with Crippen molar-refractivity contribution in [2.75, 3.05) is 19.6 Å². The smallest absolute Gasteiger partial charge is 0.146 e. The molecule has 1 saturated heterocycles. The number of halogens is 2. The number of nitrogens with zero attached hydrogens (tertiary/aromatic N) is 1. The van der Waals surface area contributed by atoms with Crippen LogP contribution in [0.25, 0.3) is 0 Å². The second kappa shape index (κ2) is 7.22. The van der Waals surface area contributed by atoms with Gasteiger partial charge in [-0.3, -0.25) is 4.90 Å². The van der Waals surface area contributed by atoms with Crippen LogP contribution in [0, 0.1) is 5.82 Å². The zero-order chi connectivity index (χ0) is 13.7. The van der Waals surface area contributed by atoms with Gasteiger partial charge in [0, 0.05) is 24.7 Å². The molecule has 1 N–H and O–H groups in total. The summed E-state index contributed by atoms with van der Waals surface area (Å²) in [4.78, 5) is 2.33. The maximum atomic E-state index is 13.9. The third-order valence-electron chi connectivity index (χ3n) is 3.63. The first kappa shape index (κ1) is 14.8. The van der Waals surface area contributed by atoms with Crippen molar-refractivity contribution < 1.29 is 4.39 Å². The molecule has 19 heavy (non-hydrogen) atoms. The monoisotopic (exact) mass is 284 g/mol. The van der Waals surface area contributed by atoms with Gasteiger partial charge < -0.3 is 5.32 Å². The van der Waals surface area contributed by atoms with E-state index in [0.29, 0.717) is 18.2 Å². The lowest BCUT2D eigenvalue weighted by Gasteiger charge is -2.24. The van der Waals surface area contributed by atoms with E-state index < -0.39 is 0 Å². The molecular formula is C15H22ClFN2. The Kier molecular flexibility index (Phi) is 5.61. The Morgan fingerprint density at radius 1 is 1.47 bits per heavy atom. The highest BCUT2D eigenvalue weighted by molar-refractivity contribution is 6.30. The highest BCUT2D eigenvalue weighted by Crippen LogP contribution is 2.20. The van der Waals surface area contributed by atoms with Crippen LogP contribution in [0.2, 0.25) is 5.02 Å². The van der Waals surface area contributed by atoms with Gasteiger partial charge in [-0.05, 0) is 32.0 Å². The Hall–Kier alpha value is -0.640. The second-order valence-corrected chi connectivity index (χ2v) is 5.65. The fourth-order valence-corrected chi connectivity index (χ4v) is 2.87. The summed E-state index contributed by atoms with van der Waals surface area (Å²) < 4.78 is 13.9. The first-order valence-corrected chi connectivity index (χ1v) is 7.47. The van der Waals surface area contributed by atoms with E-state index in [-0.39, 0.29) is 10.8 Å². The number of rotatable bonds is 4. The van der Waals surface area contributed by atoms with E-state index in [4.69, 9.17) is 11.6 Å². The van der Waals surface area contributed by atoms with Gasteiger partial charge in [0.05, 0.1) is 5.02 Å². The molecule has 0 aromatic heterocycles. The van der Waals surface area contributed by atoms with Crippen molar-refractivity contribution >= 4 is 11.6 Å². The molecule has 0 saturated carbocycles. The lowest BCUT2D eigenvalue weighted by Crippen LogP contribution is -2.37. The van der Waals surface area contributed by atoms with E-state index in [9.17, 15) is 4.39 Å². The van der Waals surface area contributed by atoms with E-state index >= 15 is 0 Å². The Balaban J connectivity index is 2.02. The lowest BCUT2D eigenvalue weighted by molar-refractivity contribution is 0.251. The van der Waals surface area contributed by atoms with Gasteiger partial charge in [0.2, 0.25) is 0 Å². The van der Waals surface area contributed by atoms with Crippen LogP contribution < -0.4 is 5.32 Å². The van der Waals surface area contributed by atoms with Crippen LogP contribution in [-0.2, 0) is 6.54 Å². The molecular weight excluding hydrogens is 263 g/mol. The van der Waals surface area contributed by atoms with E-state index in [1.807, 2.05) is 12.1 Å². The summed E-state index contributed by atoms with van der Waals surface area (Å²) in [5.74, 6) is -0.270. The van der Waals surface area contributed by atoms with Crippen LogP contribution in [0.5, 0.6) is 0 Å². The van der Waals surface area contributed by atoms with Crippen molar-refractivity contribution in [2.45, 2.75) is 38.8 Å². The van der Waals surface area contributed by atoms with Gasteiger partial charge >= 0.3 is 0 Å². The minimum absolute atomic E-state index is 0.218. The largest absolute Gasteiger partial charge is 0.313 e. The van der Waals surface area contributed by atoms with E-state index in [0.717, 1.165) is 26.1 Å². The average Bonchev–Trinajstić information content (AvgIpc) is 2.61. The Bertz CT molecular complexity index is 411. The highest BCUT2D eigenvalue weighted by atomic mass is 35.5. The van der Waals surface area contributed by atoms with Gasteiger partial charge in [-0.25, -0.2) is 4.39 Å². The number of hydrogen-bond donors (Lipinski definition) is 1. The molecule has 1 unspecified atom stereocenters. The molecule has 106 valence electrons. The van der Waals surface area contributed by atoms with Crippen LogP contribution in [0.3, 0.4) is 0 Å². The normalized spacial score (nSPS) is 21.3. The zero-order valence-corrected chi connectivity index (χ0v) is 12.2. The van der Waals surface area contributed by atoms with Crippen LogP contribution in [0.4, 0.5) is 4.39 Å². The molecule has 1 aliphatic rings. The summed E-state index contributed by atoms with van der Waals surface area (Å²) in [7, 11) is 0. The fraction of sp³-hybridized carbons (Fsp3) is 0.600. The predicted molar refractivity (Wildman–Crippen MR) is 78.0 cm³/mol. The zero-order valence-electron chi connectivity index (χ0n) is 11.5. The Morgan fingerprint density at radius 2 is 2.32 bits per heavy atom. The maximum absolute atomic E-state index is 13.9. The summed E-state index contributed by atoms with van der Waals surface area (Å²) in [6.07, 6.45) is 3.47. The van der Waals surface area contributed by atoms with E-state index in [1.54, 1.807) is 6.07 Å². The number of nitrogens with one attached hydrogen (secondary N) is 1. The molecule has 2 nitrogen and oxygen atoms in total. The van der Waals surface area contributed by atoms with Crippen molar-refractivity contribution in [1.29, 1.82) is 0 Å². The molecule has 0 spiro atoms. The number of benzene rings is 1. The SMILES string of the molecule is CCCC1CN(Cc2cccc(Cl)c2F)CCCN1. The minimum atomic E-state index is -0.270. The molecule has 0 radical (unpaired) electrons. The molecule has 4 heteroatoms. The molecule has 1 aliphatic heterocycles. The van der Waals surface area contributed by atoms with Crippen LogP contribution in [-0.4, -0.2) is 30.6 Å². The van der Waals surface area contributed by atoms with Gasteiger partial charge in [0.1, 0.15) is 5.82 Å². The topological polar surface area (TPSA) is 15.3 Å². The quantitative estimate of drug-likeness (QED) is 0.911. The highest BCUT2D eigenvalue weighted by Gasteiger charge is 2.18. The predicted octanol–water partition coefficient (Wildman–Crippen LogP) is 3.44. The maximum Gasteiger partial charge on any atom is 0.146 e. The van der Waals surface area contributed by atoms with Crippen molar-refractivity contribution in [2.24, 2.45) is 0 Å². The summed E-state index contributed by atoms with van der Waals surface area (Å²) in [6, 6.07) is 5.77. The Labute approximate surface area is 119 Å². The van der Waals surface area contributed by atoms with Gasteiger partial charge in [0.15, 0.2) is 0 Å². The van der Waals surface area contributed by atoms with Crippen molar-refractivity contribution in [3.8, 4) is 0 Å². The Morgan fingerprint density at radius 3 is 3.11 bits per heavy atom. The molecule has 1 fully saturated rings. The first-order valence-electron chi connectivity index (χ1n) is 7.09. The molecule has 2 rings (SSSR count). The standard InChI is InChI=1S/C15H22ClFN2/c1-2-5-13-11-19(9-4-8-18-13)10-12-6-3-7-14(16)15(12)17/h3,6-7,13,18H,2,4-5,8-11H2,1H3. The van der Waals surface area contributed by atoms with Crippen molar-refractivity contribution in [3.63, 3.8) is 0 Å². The minimum Gasteiger partial charge on any atom is -0.313 e. The fourth-order valence-electron chi connectivity index (χ4n) is 2.67. The third-order valence-corrected chi connectivity index (χ3v) is 3.92. The van der Waals surface area contributed by atoms with Crippen LogP contribution in [0.1, 0.15) is 31.7 Å². The van der Waals surface area contributed by atoms with E-state index in [1.165, 1.54) is 12.8 Å². The van der Waals surface area contributed by atoms with Gasteiger partial charge in [-0.2, -0.15) is 0 Å². The first-order chi connectivity index (χ1) is 9.20. The molecule has 1 atom stereocenters. The van der Waals surface area contributed by atoms with Crippen LogP contribution >= 0.6 is 11.6 Å². The summed E-state index contributed by atoms with van der Waals surface area (Å²) in [6.45, 7) is 5.90. The van der Waals surface area contributed by atoms with Crippen LogP contribution in [0.15, 0.2) is 18.2 Å². The van der Waals surface area contributed by atoms with Gasteiger partial charge in [-0.15, -0.1) is 0 Å². The molecule has 0 amide bonds. The summed E-state index contributed by atoms with van der Waals surface area (Å²) in [5, 5.41) is 3.78. The molecule has 0 aliphatic carbocycles. The molecule has 1 heterocycles. The molecule has 1 aromatic carbocycles. The lowest BCUT2D eigenvalue weighted by atomic mass is 10.1.